The summed E-state index contributed by atoms with van der Waals surface area (Å²) in [6.07, 6.45) is 7.96. The van der Waals surface area contributed by atoms with E-state index in [0.29, 0.717) is 5.75 Å². The van der Waals surface area contributed by atoms with E-state index < -0.39 is 0 Å². The summed E-state index contributed by atoms with van der Waals surface area (Å²) in [7, 11) is 0. The number of carbonyl (C=O) groups excluding carboxylic acids is 1. The fraction of sp³-hybridized carbons (Fsp3) is 0.867. The third kappa shape index (κ3) is 3.19. The van der Waals surface area contributed by atoms with Crippen molar-refractivity contribution in [3.05, 3.63) is 0 Å². The maximum atomic E-state index is 12.3. The zero-order valence-corrected chi connectivity index (χ0v) is 13.9. The van der Waals surface area contributed by atoms with Crippen LogP contribution in [0.3, 0.4) is 0 Å². The van der Waals surface area contributed by atoms with Gasteiger partial charge in [-0.25, -0.2) is 0 Å². The highest BCUT2D eigenvalue weighted by molar-refractivity contribution is 8.14. The number of hydrogen-bond donors (Lipinski definition) is 2. The molecule has 0 aromatic heterocycles. The van der Waals surface area contributed by atoms with Crippen LogP contribution < -0.4 is 10.6 Å². The number of aliphatic imine (C=N–C) groups is 1. The summed E-state index contributed by atoms with van der Waals surface area (Å²) in [5, 5.41) is 7.55. The molecule has 0 radical (unpaired) electrons. The van der Waals surface area contributed by atoms with Crippen LogP contribution in [0.25, 0.3) is 0 Å². The number of amides is 1. The van der Waals surface area contributed by atoms with Crippen LogP contribution in [0, 0.1) is 17.8 Å². The lowest BCUT2D eigenvalue weighted by Gasteiger charge is -2.56. The molecule has 4 bridgehead atoms. The first kappa shape index (κ1) is 15.5. The summed E-state index contributed by atoms with van der Waals surface area (Å²) < 4.78 is 0. The van der Waals surface area contributed by atoms with Gasteiger partial charge in [-0.05, 0) is 56.3 Å². The minimum atomic E-state index is 0. The number of rotatable bonds is 3. The molecule has 1 amide bonds. The van der Waals surface area contributed by atoms with E-state index in [0.717, 1.165) is 36.0 Å². The van der Waals surface area contributed by atoms with Crippen LogP contribution in [-0.2, 0) is 4.79 Å². The Morgan fingerprint density at radius 3 is 2.38 bits per heavy atom. The van der Waals surface area contributed by atoms with Crippen LogP contribution in [0.5, 0.6) is 0 Å². The molecule has 5 aliphatic rings. The van der Waals surface area contributed by atoms with Crippen molar-refractivity contribution in [3.8, 4) is 0 Å². The lowest BCUT2D eigenvalue weighted by atomic mass is 9.53. The van der Waals surface area contributed by atoms with Crippen molar-refractivity contribution >= 4 is 35.2 Å². The van der Waals surface area contributed by atoms with E-state index in [4.69, 9.17) is 0 Å². The topological polar surface area (TPSA) is 53.5 Å². The first-order valence-electron chi connectivity index (χ1n) is 7.93. The van der Waals surface area contributed by atoms with Gasteiger partial charge >= 0.3 is 0 Å². The zero-order valence-electron chi connectivity index (χ0n) is 12.3. The van der Waals surface area contributed by atoms with E-state index in [1.165, 1.54) is 38.5 Å². The highest BCUT2D eigenvalue weighted by atomic mass is 35.5. The number of carbonyl (C=O) groups is 1. The third-order valence-electron chi connectivity index (χ3n) is 5.43. The lowest BCUT2D eigenvalue weighted by Crippen LogP contribution is -2.60. The maximum absolute atomic E-state index is 12.3. The van der Waals surface area contributed by atoms with E-state index in [1.807, 2.05) is 0 Å². The second kappa shape index (κ2) is 5.99. The molecule has 0 unspecified atom stereocenters. The summed E-state index contributed by atoms with van der Waals surface area (Å²) in [4.78, 5) is 16.6. The van der Waals surface area contributed by atoms with Crippen molar-refractivity contribution < 1.29 is 4.79 Å². The Hall–Kier alpha value is -0.420. The fourth-order valence-corrected chi connectivity index (χ4v) is 5.93. The standard InChI is InChI=1S/C15H23N3OS.ClH/c19-13(9-20-14-16-1-2-17-14)18-15-6-10-3-11(7-15)5-12(4-10)8-15;/h10-12H,1-9H2,(H,16,17)(H,18,19);1H. The second-order valence-corrected chi connectivity index (χ2v) is 8.11. The SMILES string of the molecule is Cl.O=C(CSC1=NCCN1)NC12CC3CC(CC(C3)C1)C2. The molecule has 2 N–H and O–H groups in total. The molecule has 118 valence electrons. The van der Waals surface area contributed by atoms with Gasteiger partial charge in [0, 0.05) is 12.1 Å². The molecule has 1 heterocycles. The largest absolute Gasteiger partial charge is 0.363 e. The van der Waals surface area contributed by atoms with Crippen molar-refractivity contribution in [2.75, 3.05) is 18.8 Å². The van der Waals surface area contributed by atoms with Crippen molar-refractivity contribution in [1.82, 2.24) is 10.6 Å². The monoisotopic (exact) mass is 329 g/mol. The van der Waals surface area contributed by atoms with Gasteiger partial charge in [0.1, 0.15) is 0 Å². The van der Waals surface area contributed by atoms with Crippen molar-refractivity contribution in [1.29, 1.82) is 0 Å². The number of nitrogens with one attached hydrogen (secondary N) is 2. The van der Waals surface area contributed by atoms with Crippen LogP contribution >= 0.6 is 24.2 Å². The average molecular weight is 330 g/mol. The molecule has 0 aromatic rings. The van der Waals surface area contributed by atoms with Crippen LogP contribution in [0.4, 0.5) is 0 Å². The van der Waals surface area contributed by atoms with E-state index in [2.05, 4.69) is 15.6 Å². The molecule has 4 aliphatic carbocycles. The fourth-order valence-electron chi connectivity index (χ4n) is 5.20. The van der Waals surface area contributed by atoms with E-state index >= 15 is 0 Å². The van der Waals surface area contributed by atoms with E-state index in [1.54, 1.807) is 11.8 Å². The quantitative estimate of drug-likeness (QED) is 0.834. The molecule has 4 nitrogen and oxygen atoms in total. The molecule has 0 atom stereocenters. The molecule has 4 fully saturated rings. The number of halogens is 1. The van der Waals surface area contributed by atoms with Gasteiger partial charge in [-0.1, -0.05) is 11.8 Å². The Morgan fingerprint density at radius 2 is 1.86 bits per heavy atom. The summed E-state index contributed by atoms with van der Waals surface area (Å²) in [6, 6.07) is 0. The third-order valence-corrected chi connectivity index (χ3v) is 6.38. The summed E-state index contributed by atoms with van der Waals surface area (Å²) >= 11 is 1.55. The van der Waals surface area contributed by atoms with E-state index in [-0.39, 0.29) is 23.9 Å². The molecule has 0 aromatic carbocycles. The Balaban J connectivity index is 0.00000132. The zero-order chi connectivity index (χ0) is 13.6. The molecule has 0 saturated heterocycles. The summed E-state index contributed by atoms with van der Waals surface area (Å²) in [5.74, 6) is 3.36. The molecule has 6 heteroatoms. The molecule has 1 aliphatic heterocycles. The minimum Gasteiger partial charge on any atom is -0.363 e. The summed E-state index contributed by atoms with van der Waals surface area (Å²) in [5.41, 5.74) is 0.150. The van der Waals surface area contributed by atoms with Gasteiger partial charge in [0.25, 0.3) is 0 Å². The summed E-state index contributed by atoms with van der Waals surface area (Å²) in [6.45, 7) is 1.76. The van der Waals surface area contributed by atoms with Crippen molar-refractivity contribution in [3.63, 3.8) is 0 Å². The van der Waals surface area contributed by atoms with Gasteiger partial charge in [0.05, 0.1) is 12.3 Å². The number of amidine groups is 1. The van der Waals surface area contributed by atoms with Gasteiger partial charge in [0.2, 0.25) is 5.91 Å². The van der Waals surface area contributed by atoms with Gasteiger partial charge in [-0.3, -0.25) is 9.79 Å². The van der Waals surface area contributed by atoms with Crippen LogP contribution in [0.2, 0.25) is 0 Å². The van der Waals surface area contributed by atoms with Crippen LogP contribution in [0.15, 0.2) is 4.99 Å². The molecule has 21 heavy (non-hydrogen) atoms. The van der Waals surface area contributed by atoms with Gasteiger partial charge < -0.3 is 10.6 Å². The van der Waals surface area contributed by atoms with Crippen molar-refractivity contribution in [2.45, 2.75) is 44.1 Å². The van der Waals surface area contributed by atoms with E-state index in [9.17, 15) is 4.79 Å². The maximum Gasteiger partial charge on any atom is 0.230 e. The first-order valence-corrected chi connectivity index (χ1v) is 8.91. The Morgan fingerprint density at radius 1 is 1.24 bits per heavy atom. The molecular formula is C15H24ClN3OS. The van der Waals surface area contributed by atoms with Crippen LogP contribution in [0.1, 0.15) is 38.5 Å². The van der Waals surface area contributed by atoms with Gasteiger partial charge in [0.15, 0.2) is 5.17 Å². The lowest BCUT2D eigenvalue weighted by molar-refractivity contribution is -0.124. The number of hydrogen-bond acceptors (Lipinski definition) is 4. The predicted molar refractivity (Wildman–Crippen MR) is 89.1 cm³/mol. The highest BCUT2D eigenvalue weighted by Gasteiger charge is 2.51. The molecular weight excluding hydrogens is 306 g/mol. The molecule has 5 rings (SSSR count). The predicted octanol–water partition coefficient (Wildman–Crippen LogP) is 2.19. The smallest absolute Gasteiger partial charge is 0.230 e. The first-order chi connectivity index (χ1) is 9.71. The molecule has 4 saturated carbocycles. The number of nitrogens with zero attached hydrogens (tertiary/aromatic N) is 1. The molecule has 0 spiro atoms. The normalized spacial score (nSPS) is 39.4. The Labute approximate surface area is 136 Å². The average Bonchev–Trinajstić information content (AvgIpc) is 2.87. The highest BCUT2D eigenvalue weighted by Crippen LogP contribution is 2.55. The Bertz CT molecular complexity index is 419. The van der Waals surface area contributed by atoms with Gasteiger partial charge in [-0.2, -0.15) is 0 Å². The van der Waals surface area contributed by atoms with Gasteiger partial charge in [-0.15, -0.1) is 12.4 Å². The second-order valence-electron chi connectivity index (χ2n) is 7.15. The number of thioether (sulfide) groups is 1. The Kier molecular flexibility index (Phi) is 4.42. The van der Waals surface area contributed by atoms with Crippen molar-refractivity contribution in [2.24, 2.45) is 22.7 Å². The van der Waals surface area contributed by atoms with Crippen LogP contribution in [-0.4, -0.2) is 35.5 Å². The minimum absolute atomic E-state index is 0.